The highest BCUT2D eigenvalue weighted by Gasteiger charge is 2.20. The van der Waals surface area contributed by atoms with E-state index in [1.165, 1.54) is 0 Å². The number of nitrogens with one attached hydrogen (secondary N) is 2. The van der Waals surface area contributed by atoms with Crippen LogP contribution in [-0.2, 0) is 13.0 Å². The molecule has 34 heavy (non-hydrogen) atoms. The molecule has 1 atom stereocenters. The van der Waals surface area contributed by atoms with Crippen molar-refractivity contribution in [3.05, 3.63) is 132 Å². The number of fused-ring (bicyclic) bond motifs is 1. The summed E-state index contributed by atoms with van der Waals surface area (Å²) in [6.07, 6.45) is 0.634. The lowest BCUT2D eigenvalue weighted by Gasteiger charge is -2.17. The van der Waals surface area contributed by atoms with E-state index in [0.29, 0.717) is 18.6 Å². The zero-order valence-electron chi connectivity index (χ0n) is 18.6. The molecular formula is C29H25N3O2. The standard InChI is InChI=1S/C29H25N3O2/c33-29(23-17-15-22(16-18-23)20-34-24-11-5-2-6-12-24)32-27(19-21-9-3-1-4-10-21)28-30-25-13-7-8-14-26(25)31-28/h1-18,27H,19-20H2,(H,30,31)(H,32,33)/t27-/m0/s1. The van der Waals surface area contributed by atoms with Gasteiger partial charge in [0.15, 0.2) is 0 Å². The number of aromatic amines is 1. The van der Waals surface area contributed by atoms with Crippen molar-refractivity contribution in [3.8, 4) is 5.75 Å². The van der Waals surface area contributed by atoms with E-state index in [0.717, 1.165) is 33.7 Å². The molecule has 0 fully saturated rings. The average Bonchev–Trinajstić information content (AvgIpc) is 3.33. The number of rotatable bonds is 8. The van der Waals surface area contributed by atoms with Crippen LogP contribution in [0.15, 0.2) is 109 Å². The monoisotopic (exact) mass is 447 g/mol. The Labute approximate surface area is 198 Å². The van der Waals surface area contributed by atoms with Gasteiger partial charge in [0.05, 0.1) is 17.1 Å². The third-order valence-corrected chi connectivity index (χ3v) is 5.69. The lowest BCUT2D eigenvalue weighted by molar-refractivity contribution is 0.0935. The van der Waals surface area contributed by atoms with Crippen LogP contribution >= 0.6 is 0 Å². The molecule has 5 rings (SSSR count). The minimum Gasteiger partial charge on any atom is -0.489 e. The number of nitrogens with zero attached hydrogens (tertiary/aromatic N) is 1. The van der Waals surface area contributed by atoms with E-state index in [-0.39, 0.29) is 11.9 Å². The van der Waals surface area contributed by atoms with Crippen LogP contribution in [0, 0.1) is 0 Å². The number of hydrogen-bond donors (Lipinski definition) is 2. The highest BCUT2D eigenvalue weighted by atomic mass is 16.5. The number of carbonyl (C=O) groups is 1. The van der Waals surface area contributed by atoms with Crippen LogP contribution in [0.1, 0.15) is 33.4 Å². The van der Waals surface area contributed by atoms with Gasteiger partial charge in [-0.1, -0.05) is 72.8 Å². The van der Waals surface area contributed by atoms with Crippen molar-refractivity contribution < 1.29 is 9.53 Å². The Kier molecular flexibility index (Phi) is 6.34. The van der Waals surface area contributed by atoms with Crippen molar-refractivity contribution in [2.24, 2.45) is 0 Å². The molecule has 0 aliphatic rings. The van der Waals surface area contributed by atoms with Gasteiger partial charge in [-0.15, -0.1) is 0 Å². The molecule has 4 aromatic carbocycles. The minimum absolute atomic E-state index is 0.142. The van der Waals surface area contributed by atoms with Crippen LogP contribution in [0.25, 0.3) is 11.0 Å². The smallest absolute Gasteiger partial charge is 0.251 e. The Morgan fingerprint density at radius 3 is 2.21 bits per heavy atom. The summed E-state index contributed by atoms with van der Waals surface area (Å²) in [5.74, 6) is 1.42. The number of benzene rings is 4. The summed E-state index contributed by atoms with van der Waals surface area (Å²) >= 11 is 0. The number of ether oxygens (including phenoxy) is 1. The molecule has 0 unspecified atom stereocenters. The number of hydrogen-bond acceptors (Lipinski definition) is 3. The van der Waals surface area contributed by atoms with E-state index in [2.05, 4.69) is 22.4 Å². The fourth-order valence-corrected chi connectivity index (χ4v) is 3.88. The summed E-state index contributed by atoms with van der Waals surface area (Å²) in [6.45, 7) is 0.446. The Morgan fingerprint density at radius 1 is 0.794 bits per heavy atom. The predicted molar refractivity (Wildman–Crippen MR) is 134 cm³/mol. The Bertz CT molecular complexity index is 1330. The Hall–Kier alpha value is -4.38. The molecule has 0 spiro atoms. The maximum Gasteiger partial charge on any atom is 0.251 e. The molecule has 1 amide bonds. The first-order valence-electron chi connectivity index (χ1n) is 11.3. The van der Waals surface area contributed by atoms with Crippen LogP contribution in [0.3, 0.4) is 0 Å². The molecule has 0 aliphatic heterocycles. The van der Waals surface area contributed by atoms with E-state index >= 15 is 0 Å². The van der Waals surface area contributed by atoms with Crippen molar-refractivity contribution in [1.82, 2.24) is 15.3 Å². The summed E-state index contributed by atoms with van der Waals surface area (Å²) in [6, 6.07) is 34.9. The molecule has 5 aromatic rings. The number of carbonyl (C=O) groups excluding carboxylic acids is 1. The maximum atomic E-state index is 13.1. The SMILES string of the molecule is O=C(N[C@@H](Cc1ccccc1)c1nc2ccccc2[nH]1)c1ccc(COc2ccccc2)cc1. The van der Waals surface area contributed by atoms with Gasteiger partial charge in [0.25, 0.3) is 5.91 Å². The lowest BCUT2D eigenvalue weighted by atomic mass is 10.0. The highest BCUT2D eigenvalue weighted by molar-refractivity contribution is 5.94. The molecule has 0 saturated carbocycles. The van der Waals surface area contributed by atoms with Gasteiger partial charge in [-0.05, 0) is 53.9 Å². The van der Waals surface area contributed by atoms with E-state index in [4.69, 9.17) is 9.72 Å². The second kappa shape index (κ2) is 10.0. The second-order valence-corrected chi connectivity index (χ2v) is 8.15. The van der Waals surface area contributed by atoms with Gasteiger partial charge in [-0.25, -0.2) is 4.98 Å². The predicted octanol–water partition coefficient (Wildman–Crippen LogP) is 5.86. The van der Waals surface area contributed by atoms with Gasteiger partial charge in [0.2, 0.25) is 0 Å². The van der Waals surface area contributed by atoms with Gasteiger partial charge in [0, 0.05) is 5.56 Å². The van der Waals surface area contributed by atoms with Gasteiger partial charge >= 0.3 is 0 Å². The van der Waals surface area contributed by atoms with Crippen LogP contribution in [0.5, 0.6) is 5.75 Å². The first-order chi connectivity index (χ1) is 16.7. The van der Waals surface area contributed by atoms with Crippen molar-refractivity contribution in [2.45, 2.75) is 19.1 Å². The number of para-hydroxylation sites is 3. The molecule has 0 saturated heterocycles. The second-order valence-electron chi connectivity index (χ2n) is 8.15. The third-order valence-electron chi connectivity index (χ3n) is 5.69. The van der Waals surface area contributed by atoms with Gasteiger partial charge in [-0.2, -0.15) is 0 Å². The molecule has 1 aromatic heterocycles. The van der Waals surface area contributed by atoms with E-state index < -0.39 is 0 Å². The number of amides is 1. The molecule has 0 aliphatic carbocycles. The van der Waals surface area contributed by atoms with Crippen LogP contribution in [0.4, 0.5) is 0 Å². The van der Waals surface area contributed by atoms with Gasteiger partial charge < -0.3 is 15.0 Å². The average molecular weight is 448 g/mol. The number of aromatic nitrogens is 2. The normalized spacial score (nSPS) is 11.8. The fraction of sp³-hybridized carbons (Fsp3) is 0.103. The summed E-state index contributed by atoms with van der Waals surface area (Å²) in [7, 11) is 0. The molecule has 0 bridgehead atoms. The molecule has 0 radical (unpaired) electrons. The van der Waals surface area contributed by atoms with E-state index in [1.807, 2.05) is 97.1 Å². The first kappa shape index (κ1) is 21.5. The lowest BCUT2D eigenvalue weighted by Crippen LogP contribution is -2.30. The fourth-order valence-electron chi connectivity index (χ4n) is 3.88. The van der Waals surface area contributed by atoms with Crippen molar-refractivity contribution >= 4 is 16.9 Å². The number of H-pyrrole nitrogens is 1. The van der Waals surface area contributed by atoms with Crippen molar-refractivity contribution in [2.75, 3.05) is 0 Å². The molecule has 1 heterocycles. The van der Waals surface area contributed by atoms with Gasteiger partial charge in [-0.3, -0.25) is 4.79 Å². The van der Waals surface area contributed by atoms with E-state index in [9.17, 15) is 4.79 Å². The summed E-state index contributed by atoms with van der Waals surface area (Å²) in [5.41, 5.74) is 4.55. The zero-order valence-corrected chi connectivity index (χ0v) is 18.6. The van der Waals surface area contributed by atoms with E-state index in [1.54, 1.807) is 0 Å². The summed E-state index contributed by atoms with van der Waals surface area (Å²) in [4.78, 5) is 21.2. The van der Waals surface area contributed by atoms with Crippen molar-refractivity contribution in [3.63, 3.8) is 0 Å². The maximum absolute atomic E-state index is 13.1. The van der Waals surface area contributed by atoms with Crippen LogP contribution in [0.2, 0.25) is 0 Å². The largest absolute Gasteiger partial charge is 0.489 e. The molecular weight excluding hydrogens is 422 g/mol. The topological polar surface area (TPSA) is 67.0 Å². The molecule has 168 valence electrons. The Balaban J connectivity index is 1.31. The molecule has 5 heteroatoms. The molecule has 5 nitrogen and oxygen atoms in total. The summed E-state index contributed by atoms with van der Waals surface area (Å²) in [5, 5.41) is 3.17. The quantitative estimate of drug-likeness (QED) is 0.313. The highest BCUT2D eigenvalue weighted by Crippen LogP contribution is 2.21. The first-order valence-corrected chi connectivity index (χ1v) is 11.3. The van der Waals surface area contributed by atoms with Crippen LogP contribution in [-0.4, -0.2) is 15.9 Å². The van der Waals surface area contributed by atoms with Crippen LogP contribution < -0.4 is 10.1 Å². The minimum atomic E-state index is -0.289. The van der Waals surface area contributed by atoms with Gasteiger partial charge in [0.1, 0.15) is 18.2 Å². The third kappa shape index (κ3) is 5.15. The Morgan fingerprint density at radius 2 is 1.47 bits per heavy atom. The zero-order chi connectivity index (χ0) is 23.2. The number of imidazole rings is 1. The molecule has 2 N–H and O–H groups in total. The summed E-state index contributed by atoms with van der Waals surface area (Å²) < 4.78 is 5.80. The van der Waals surface area contributed by atoms with Crippen molar-refractivity contribution in [1.29, 1.82) is 0 Å².